The number of halogens is 1. The van der Waals surface area contributed by atoms with Crippen LogP contribution in [0, 0.1) is 3.57 Å². The Morgan fingerprint density at radius 1 is 1.39 bits per heavy atom. The van der Waals surface area contributed by atoms with E-state index >= 15 is 0 Å². The zero-order valence-corrected chi connectivity index (χ0v) is 11.7. The molecule has 1 aromatic carbocycles. The molecule has 0 spiro atoms. The van der Waals surface area contributed by atoms with Crippen molar-refractivity contribution in [3.05, 3.63) is 45.3 Å². The van der Waals surface area contributed by atoms with Gasteiger partial charge in [0.25, 0.3) is 5.91 Å². The summed E-state index contributed by atoms with van der Waals surface area (Å²) in [6.45, 7) is 1.48. The van der Waals surface area contributed by atoms with Crippen LogP contribution in [0.1, 0.15) is 27.8 Å². The average molecular weight is 355 g/mol. The van der Waals surface area contributed by atoms with Gasteiger partial charge in [-0.05, 0) is 41.6 Å². The highest BCUT2D eigenvalue weighted by Gasteiger charge is 2.12. The van der Waals surface area contributed by atoms with Gasteiger partial charge in [0, 0.05) is 11.3 Å². The fraction of sp³-hybridized carbons (Fsp3) is 0.0833. The molecule has 6 heteroatoms. The average Bonchev–Trinajstić information content (AvgIpc) is 2.76. The number of H-pyrrole nitrogens is 1. The predicted octanol–water partition coefficient (Wildman–Crippen LogP) is 2.47. The van der Waals surface area contributed by atoms with Crippen LogP contribution < -0.4 is 5.32 Å². The second kappa shape index (κ2) is 5.30. The van der Waals surface area contributed by atoms with Crippen molar-refractivity contribution < 1.29 is 9.59 Å². The topological polar surface area (TPSA) is 74.8 Å². The summed E-state index contributed by atoms with van der Waals surface area (Å²) in [6.07, 6.45) is 1.57. The molecule has 0 aliphatic heterocycles. The molecular weight excluding hydrogens is 345 g/mol. The molecule has 1 heterocycles. The molecule has 0 radical (unpaired) electrons. The number of ketones is 1. The van der Waals surface area contributed by atoms with Gasteiger partial charge in [-0.1, -0.05) is 12.1 Å². The molecule has 0 saturated carbocycles. The number of Topliss-reactive ketones (excluding diaryl/α,β-unsaturated/α-hetero) is 1. The van der Waals surface area contributed by atoms with Gasteiger partial charge in [0.15, 0.2) is 5.78 Å². The van der Waals surface area contributed by atoms with Crippen molar-refractivity contribution in [2.45, 2.75) is 6.92 Å². The number of amides is 1. The number of aromatic amines is 1. The van der Waals surface area contributed by atoms with Crippen LogP contribution >= 0.6 is 22.6 Å². The summed E-state index contributed by atoms with van der Waals surface area (Å²) in [6, 6.07) is 6.80. The maximum Gasteiger partial charge on any atom is 0.274 e. The molecule has 18 heavy (non-hydrogen) atoms. The first-order valence-electron chi connectivity index (χ1n) is 5.19. The van der Waals surface area contributed by atoms with E-state index in [0.29, 0.717) is 16.9 Å². The van der Waals surface area contributed by atoms with Gasteiger partial charge in [-0.3, -0.25) is 14.7 Å². The molecule has 1 aromatic heterocycles. The molecule has 2 rings (SSSR count). The van der Waals surface area contributed by atoms with Crippen LogP contribution in [0.3, 0.4) is 0 Å². The van der Waals surface area contributed by atoms with E-state index in [1.807, 2.05) is 22.6 Å². The molecule has 2 aromatic rings. The maximum atomic E-state index is 11.9. The van der Waals surface area contributed by atoms with Gasteiger partial charge in [-0.15, -0.1) is 0 Å². The van der Waals surface area contributed by atoms with Crippen molar-refractivity contribution in [1.29, 1.82) is 0 Å². The van der Waals surface area contributed by atoms with Crippen LogP contribution in [0.25, 0.3) is 0 Å². The van der Waals surface area contributed by atoms with Crippen molar-refractivity contribution in [3.8, 4) is 0 Å². The minimum Gasteiger partial charge on any atom is -0.321 e. The first-order chi connectivity index (χ1) is 8.58. The minimum absolute atomic E-state index is 0.0396. The number of carbonyl (C=O) groups excluding carboxylic acids is 2. The molecular formula is C12H10IN3O2. The van der Waals surface area contributed by atoms with Gasteiger partial charge in [-0.2, -0.15) is 5.10 Å². The SMILES string of the molecule is CC(=O)c1cccc(NC(=O)c2[nH]ncc2I)c1. The standard InChI is InChI=1S/C12H10IN3O2/c1-7(17)8-3-2-4-9(5-8)15-12(18)11-10(13)6-14-16-11/h2-6H,1H3,(H,14,16)(H,15,18). The predicted molar refractivity (Wildman–Crippen MR) is 75.7 cm³/mol. The smallest absolute Gasteiger partial charge is 0.274 e. The third kappa shape index (κ3) is 2.76. The fourth-order valence-corrected chi connectivity index (χ4v) is 1.95. The highest BCUT2D eigenvalue weighted by atomic mass is 127. The lowest BCUT2D eigenvalue weighted by atomic mass is 10.1. The van der Waals surface area contributed by atoms with Crippen LogP contribution in [0.4, 0.5) is 5.69 Å². The van der Waals surface area contributed by atoms with Crippen molar-refractivity contribution in [2.75, 3.05) is 5.32 Å². The third-order valence-corrected chi connectivity index (χ3v) is 3.17. The number of anilines is 1. The van der Waals surface area contributed by atoms with E-state index in [0.717, 1.165) is 3.57 Å². The van der Waals surface area contributed by atoms with E-state index in [1.54, 1.807) is 30.5 Å². The van der Waals surface area contributed by atoms with Crippen LogP contribution in [0.15, 0.2) is 30.5 Å². The Morgan fingerprint density at radius 2 is 2.17 bits per heavy atom. The third-order valence-electron chi connectivity index (χ3n) is 2.35. The van der Waals surface area contributed by atoms with E-state index in [4.69, 9.17) is 0 Å². The lowest BCUT2D eigenvalue weighted by molar-refractivity contribution is 0.100. The molecule has 0 saturated heterocycles. The molecule has 92 valence electrons. The Balaban J connectivity index is 2.20. The van der Waals surface area contributed by atoms with E-state index < -0.39 is 0 Å². The first kappa shape index (κ1) is 12.7. The van der Waals surface area contributed by atoms with E-state index in [-0.39, 0.29) is 11.7 Å². The largest absolute Gasteiger partial charge is 0.321 e. The lowest BCUT2D eigenvalue weighted by Gasteiger charge is -2.05. The lowest BCUT2D eigenvalue weighted by Crippen LogP contribution is -2.14. The number of hydrogen-bond donors (Lipinski definition) is 2. The Labute approximate surface area is 117 Å². The van der Waals surface area contributed by atoms with Crippen molar-refractivity contribution in [2.24, 2.45) is 0 Å². The number of nitrogens with zero attached hydrogens (tertiary/aromatic N) is 1. The van der Waals surface area contributed by atoms with Crippen LogP contribution in [-0.2, 0) is 0 Å². The Bertz CT molecular complexity index is 607. The second-order valence-corrected chi connectivity index (χ2v) is 4.85. The molecule has 0 atom stereocenters. The minimum atomic E-state index is -0.280. The summed E-state index contributed by atoms with van der Waals surface area (Å²) in [7, 11) is 0. The maximum absolute atomic E-state index is 11.9. The number of benzene rings is 1. The monoisotopic (exact) mass is 355 g/mol. The number of rotatable bonds is 3. The molecule has 0 aliphatic carbocycles. The molecule has 2 N–H and O–H groups in total. The Hall–Kier alpha value is -1.70. The summed E-state index contributed by atoms with van der Waals surface area (Å²) in [5.41, 5.74) is 1.55. The molecule has 0 fully saturated rings. The highest BCUT2D eigenvalue weighted by Crippen LogP contribution is 2.14. The van der Waals surface area contributed by atoms with Crippen molar-refractivity contribution in [1.82, 2.24) is 10.2 Å². The van der Waals surface area contributed by atoms with E-state index in [2.05, 4.69) is 15.5 Å². The normalized spacial score (nSPS) is 10.1. The van der Waals surface area contributed by atoms with E-state index in [9.17, 15) is 9.59 Å². The van der Waals surface area contributed by atoms with Gasteiger partial charge in [-0.25, -0.2) is 0 Å². The summed E-state index contributed by atoms with van der Waals surface area (Å²) in [5.74, 6) is -0.320. The van der Waals surface area contributed by atoms with Gasteiger partial charge in [0.2, 0.25) is 0 Å². The zero-order chi connectivity index (χ0) is 13.1. The molecule has 5 nitrogen and oxygen atoms in total. The Morgan fingerprint density at radius 3 is 2.78 bits per heavy atom. The van der Waals surface area contributed by atoms with Crippen LogP contribution in [0.2, 0.25) is 0 Å². The van der Waals surface area contributed by atoms with Gasteiger partial charge in [0.05, 0.1) is 9.77 Å². The fourth-order valence-electron chi connectivity index (χ4n) is 1.44. The quantitative estimate of drug-likeness (QED) is 0.656. The first-order valence-corrected chi connectivity index (χ1v) is 6.27. The highest BCUT2D eigenvalue weighted by molar-refractivity contribution is 14.1. The van der Waals surface area contributed by atoms with Crippen LogP contribution in [-0.4, -0.2) is 21.9 Å². The van der Waals surface area contributed by atoms with Crippen molar-refractivity contribution >= 4 is 40.0 Å². The summed E-state index contributed by atoms with van der Waals surface area (Å²) < 4.78 is 0.743. The number of aromatic nitrogens is 2. The number of carbonyl (C=O) groups is 2. The summed E-state index contributed by atoms with van der Waals surface area (Å²) in [4.78, 5) is 23.1. The molecule has 0 unspecified atom stereocenters. The second-order valence-electron chi connectivity index (χ2n) is 3.68. The van der Waals surface area contributed by atoms with Crippen molar-refractivity contribution in [3.63, 3.8) is 0 Å². The van der Waals surface area contributed by atoms with E-state index in [1.165, 1.54) is 6.92 Å². The van der Waals surface area contributed by atoms with Gasteiger partial charge < -0.3 is 5.32 Å². The molecule has 0 bridgehead atoms. The summed E-state index contributed by atoms with van der Waals surface area (Å²) >= 11 is 2.02. The summed E-state index contributed by atoms with van der Waals surface area (Å²) in [5, 5.41) is 9.12. The number of hydrogen-bond acceptors (Lipinski definition) is 3. The van der Waals surface area contributed by atoms with Crippen LogP contribution in [0.5, 0.6) is 0 Å². The van der Waals surface area contributed by atoms with Gasteiger partial charge in [0.1, 0.15) is 5.69 Å². The molecule has 0 aliphatic rings. The zero-order valence-electron chi connectivity index (χ0n) is 9.53. The number of nitrogens with one attached hydrogen (secondary N) is 2. The molecule has 1 amide bonds. The van der Waals surface area contributed by atoms with Gasteiger partial charge >= 0.3 is 0 Å². The Kier molecular flexibility index (Phi) is 3.75.